The number of halogens is 1. The molecule has 1 aliphatic rings. The average molecular weight is 516 g/mol. The minimum Gasteiger partial charge on any atom is -0.504 e. The number of nitrogens with zero attached hydrogens (tertiary/aromatic N) is 4. The fourth-order valence-corrected chi connectivity index (χ4v) is 4.63. The van der Waals surface area contributed by atoms with E-state index in [1.54, 1.807) is 6.07 Å². The molecule has 37 heavy (non-hydrogen) atoms. The molecule has 0 saturated heterocycles. The van der Waals surface area contributed by atoms with Gasteiger partial charge in [-0.05, 0) is 62.2 Å². The van der Waals surface area contributed by atoms with Gasteiger partial charge in [-0.15, -0.1) is 10.2 Å². The molecule has 0 spiro atoms. The van der Waals surface area contributed by atoms with Crippen LogP contribution < -0.4 is 5.32 Å². The van der Waals surface area contributed by atoms with Crippen LogP contribution in [-0.2, 0) is 11.2 Å². The normalized spacial score (nSPS) is 14.4. The molecule has 3 aromatic carbocycles. The van der Waals surface area contributed by atoms with Crippen molar-refractivity contribution in [2.24, 2.45) is 4.99 Å². The molecule has 0 saturated carbocycles. The highest BCUT2D eigenvalue weighted by molar-refractivity contribution is 6.30. The summed E-state index contributed by atoms with van der Waals surface area (Å²) >= 11 is 6.15. The number of phenols is 2. The Balaban J connectivity index is 1.45. The molecule has 0 radical (unpaired) electrons. The van der Waals surface area contributed by atoms with Gasteiger partial charge in [0.2, 0.25) is 5.91 Å². The maximum atomic E-state index is 13.0. The molecule has 1 aromatic heterocycles. The predicted octanol–water partition coefficient (Wildman–Crippen LogP) is 4.59. The minimum atomic E-state index is -0.558. The molecule has 5 rings (SSSR count). The summed E-state index contributed by atoms with van der Waals surface area (Å²) < 4.78 is 1.97. The second-order valence-electron chi connectivity index (χ2n) is 9.09. The van der Waals surface area contributed by atoms with Crippen LogP contribution in [0.1, 0.15) is 46.4 Å². The number of carbonyl (C=O) groups is 1. The molecule has 8 nitrogen and oxygen atoms in total. The lowest BCUT2D eigenvalue weighted by molar-refractivity contribution is -0.121. The molecule has 1 aliphatic heterocycles. The van der Waals surface area contributed by atoms with Crippen molar-refractivity contribution in [3.63, 3.8) is 0 Å². The summed E-state index contributed by atoms with van der Waals surface area (Å²) in [5.74, 6) is 0.777. The van der Waals surface area contributed by atoms with Crippen LogP contribution in [0.5, 0.6) is 11.5 Å². The van der Waals surface area contributed by atoms with Crippen LogP contribution in [0.15, 0.2) is 65.7 Å². The number of nitrogens with one attached hydrogen (secondary N) is 1. The number of benzene rings is 3. The van der Waals surface area contributed by atoms with E-state index < -0.39 is 6.04 Å². The van der Waals surface area contributed by atoms with E-state index in [9.17, 15) is 15.0 Å². The first-order valence-electron chi connectivity index (χ1n) is 11.9. The summed E-state index contributed by atoms with van der Waals surface area (Å²) in [6, 6.07) is 17.7. The van der Waals surface area contributed by atoms with Gasteiger partial charge in [0, 0.05) is 22.7 Å². The van der Waals surface area contributed by atoms with Gasteiger partial charge in [-0.25, -0.2) is 0 Å². The third-order valence-electron chi connectivity index (χ3n) is 6.35. The van der Waals surface area contributed by atoms with Crippen molar-refractivity contribution in [3.8, 4) is 17.2 Å². The van der Waals surface area contributed by atoms with Crippen molar-refractivity contribution in [1.29, 1.82) is 0 Å². The number of aryl methyl sites for hydroxylation is 2. The van der Waals surface area contributed by atoms with Gasteiger partial charge in [0.15, 0.2) is 17.3 Å². The Morgan fingerprint density at radius 3 is 2.54 bits per heavy atom. The highest BCUT2D eigenvalue weighted by Gasteiger charge is 2.29. The molecule has 0 bridgehead atoms. The third kappa shape index (κ3) is 5.06. The molecule has 0 fully saturated rings. The smallest absolute Gasteiger partial charge is 0.222 e. The molecular weight excluding hydrogens is 490 g/mol. The molecule has 0 unspecified atom stereocenters. The molecule has 188 valence electrons. The van der Waals surface area contributed by atoms with Crippen molar-refractivity contribution in [2.75, 3.05) is 6.54 Å². The van der Waals surface area contributed by atoms with Crippen LogP contribution in [0.3, 0.4) is 0 Å². The summed E-state index contributed by atoms with van der Waals surface area (Å²) in [5.41, 5.74) is 5.38. The van der Waals surface area contributed by atoms with Crippen LogP contribution in [0.25, 0.3) is 5.69 Å². The summed E-state index contributed by atoms with van der Waals surface area (Å²) in [4.78, 5) is 18.1. The Bertz CT molecular complexity index is 1510. The van der Waals surface area contributed by atoms with E-state index >= 15 is 0 Å². The second kappa shape index (κ2) is 10.1. The fraction of sp³-hybridized carbons (Fsp3) is 0.214. The van der Waals surface area contributed by atoms with E-state index in [1.807, 2.05) is 54.8 Å². The van der Waals surface area contributed by atoms with Crippen molar-refractivity contribution in [3.05, 3.63) is 99.6 Å². The molecule has 9 heteroatoms. The zero-order valence-corrected chi connectivity index (χ0v) is 21.2. The number of aromatic hydroxyl groups is 2. The van der Waals surface area contributed by atoms with E-state index in [2.05, 4.69) is 21.6 Å². The Morgan fingerprint density at radius 1 is 1.00 bits per heavy atom. The van der Waals surface area contributed by atoms with E-state index in [0.717, 1.165) is 33.7 Å². The van der Waals surface area contributed by atoms with Crippen LogP contribution in [0.2, 0.25) is 5.02 Å². The molecule has 1 atom stereocenters. The van der Waals surface area contributed by atoms with E-state index in [4.69, 9.17) is 16.6 Å². The van der Waals surface area contributed by atoms with Gasteiger partial charge in [-0.3, -0.25) is 14.4 Å². The number of aliphatic imine (C=N–C) groups is 1. The van der Waals surface area contributed by atoms with Crippen molar-refractivity contribution >= 4 is 23.2 Å². The first-order valence-corrected chi connectivity index (χ1v) is 12.3. The molecular formula is C28H26ClN5O3. The Hall–Kier alpha value is -4.17. The highest BCUT2D eigenvalue weighted by atomic mass is 35.5. The van der Waals surface area contributed by atoms with E-state index in [0.29, 0.717) is 29.6 Å². The van der Waals surface area contributed by atoms with Crippen molar-refractivity contribution in [1.82, 2.24) is 20.1 Å². The number of carbonyl (C=O) groups excluding carboxylic acids is 1. The van der Waals surface area contributed by atoms with Crippen LogP contribution >= 0.6 is 11.6 Å². The summed E-state index contributed by atoms with van der Waals surface area (Å²) in [6.07, 6.45) is 0.590. The Morgan fingerprint density at radius 2 is 1.78 bits per heavy atom. The lowest BCUT2D eigenvalue weighted by Gasteiger charge is -2.13. The lowest BCUT2D eigenvalue weighted by Crippen LogP contribution is -2.27. The largest absolute Gasteiger partial charge is 0.504 e. The number of phenolic OH excluding ortho intramolecular Hbond substituents is 2. The van der Waals surface area contributed by atoms with Crippen LogP contribution in [0.4, 0.5) is 0 Å². The quantitative estimate of drug-likeness (QED) is 0.325. The molecule has 1 amide bonds. The molecule has 0 aliphatic carbocycles. The van der Waals surface area contributed by atoms with Gasteiger partial charge in [-0.1, -0.05) is 41.4 Å². The van der Waals surface area contributed by atoms with Crippen LogP contribution in [-0.4, -0.2) is 43.1 Å². The third-order valence-corrected chi connectivity index (χ3v) is 6.60. The van der Waals surface area contributed by atoms with Gasteiger partial charge in [0.25, 0.3) is 0 Å². The Kier molecular flexibility index (Phi) is 6.67. The Labute approximate surface area is 219 Å². The van der Waals surface area contributed by atoms with Gasteiger partial charge >= 0.3 is 0 Å². The second-order valence-corrected chi connectivity index (χ2v) is 9.53. The predicted molar refractivity (Wildman–Crippen MR) is 142 cm³/mol. The van der Waals surface area contributed by atoms with Crippen molar-refractivity contribution < 1.29 is 15.0 Å². The maximum absolute atomic E-state index is 13.0. The SMILES string of the molecule is Cc1ccc2c(c1)C(c1ccc(Cl)cc1)=N[C@@H](CC(=O)NCCc1ccc(O)c(O)c1)c1nnc(C)n1-2. The number of aromatic nitrogens is 3. The van der Waals surface area contributed by atoms with Gasteiger partial charge in [0.05, 0.1) is 17.8 Å². The average Bonchev–Trinajstić information content (AvgIpc) is 3.19. The number of amides is 1. The maximum Gasteiger partial charge on any atom is 0.222 e. The first kappa shape index (κ1) is 24.5. The molecule has 4 aromatic rings. The summed E-state index contributed by atoms with van der Waals surface area (Å²) in [7, 11) is 0. The summed E-state index contributed by atoms with van der Waals surface area (Å²) in [5, 5.41) is 31.5. The van der Waals surface area contributed by atoms with Gasteiger partial charge in [-0.2, -0.15) is 0 Å². The topological polar surface area (TPSA) is 113 Å². The lowest BCUT2D eigenvalue weighted by atomic mass is 9.98. The molecule has 2 heterocycles. The highest BCUT2D eigenvalue weighted by Crippen LogP contribution is 2.33. The van der Waals surface area contributed by atoms with E-state index in [-0.39, 0.29) is 23.8 Å². The standard InChI is InChI=1S/C28H26ClN5O3/c1-16-3-9-23-21(13-16)27(19-5-7-20(29)8-6-19)31-22(28-33-32-17(2)34(23)28)15-26(37)30-12-11-18-4-10-24(35)25(36)14-18/h3-10,13-14,22,35-36H,11-12,15H2,1-2H3,(H,30,37)/t22-/m0/s1. The number of hydrogen-bond donors (Lipinski definition) is 3. The zero-order valence-electron chi connectivity index (χ0n) is 20.4. The van der Waals surface area contributed by atoms with Crippen molar-refractivity contribution in [2.45, 2.75) is 32.7 Å². The fourth-order valence-electron chi connectivity index (χ4n) is 4.50. The van der Waals surface area contributed by atoms with E-state index in [1.165, 1.54) is 12.1 Å². The number of fused-ring (bicyclic) bond motifs is 3. The summed E-state index contributed by atoms with van der Waals surface area (Å²) in [6.45, 7) is 4.29. The zero-order chi connectivity index (χ0) is 26.1. The van der Waals surface area contributed by atoms with Crippen LogP contribution in [0, 0.1) is 13.8 Å². The number of rotatable bonds is 6. The molecule has 3 N–H and O–H groups in total. The van der Waals surface area contributed by atoms with Gasteiger partial charge < -0.3 is 15.5 Å². The van der Waals surface area contributed by atoms with Gasteiger partial charge in [0.1, 0.15) is 11.9 Å². The minimum absolute atomic E-state index is 0.0863. The first-order chi connectivity index (χ1) is 17.8. The monoisotopic (exact) mass is 515 g/mol. The number of hydrogen-bond acceptors (Lipinski definition) is 6.